The highest BCUT2D eigenvalue weighted by atomic mass is 35.5. The van der Waals surface area contributed by atoms with Crippen LogP contribution in [-0.2, 0) is 37.5 Å². The molecule has 0 radical (unpaired) electrons. The minimum Gasteiger partial charge on any atom is -0.478 e. The maximum atomic E-state index is 14.3. The number of nitrogens with zero attached hydrogens (tertiary/aromatic N) is 5. The molecule has 0 spiro atoms. The standard InChI is InChI=1S/C42H53Cl2N5O6/c1-42(37-32(43)9-6-10-33(37)44)38(40(51)52)34(14-11-27-7-4-5-8-28(27)26-47-19-21-55-22-20-47)46(3)35(39(42)41(53)54)25-36(50)49-17-15-48(16-18-49)31-23-29-12-13-30(24-31)45(29)2/h4-10,29-31H,11-26H2,1-3H3,(H,51,52)(H,53,54). The van der Waals surface area contributed by atoms with E-state index in [-0.39, 0.29) is 51.2 Å². The first kappa shape index (κ1) is 39.8. The average molecular weight is 795 g/mol. The number of benzene rings is 2. The third-order valence-electron chi connectivity index (χ3n) is 13.1. The number of carbonyl (C=O) groups is 3. The van der Waals surface area contributed by atoms with Crippen LogP contribution < -0.4 is 0 Å². The zero-order chi connectivity index (χ0) is 39.0. The van der Waals surface area contributed by atoms with Gasteiger partial charge in [-0.05, 0) is 75.8 Å². The number of allylic oxidation sites excluding steroid dienone is 1. The van der Waals surface area contributed by atoms with Crippen LogP contribution in [0.2, 0.25) is 10.0 Å². The molecule has 2 aromatic rings. The number of morpholine rings is 1. The van der Waals surface area contributed by atoms with E-state index in [9.17, 15) is 24.6 Å². The Hall–Kier alpha value is -3.45. The molecular weight excluding hydrogens is 741 g/mol. The largest absolute Gasteiger partial charge is 0.478 e. The minimum atomic E-state index is -1.79. The summed E-state index contributed by atoms with van der Waals surface area (Å²) in [6, 6.07) is 14.7. The minimum absolute atomic E-state index is 0.120. The summed E-state index contributed by atoms with van der Waals surface area (Å²) in [5.74, 6) is -2.79. The van der Waals surface area contributed by atoms with E-state index < -0.39 is 17.4 Å². The number of hydrogen-bond donors (Lipinski definition) is 2. The van der Waals surface area contributed by atoms with Gasteiger partial charge < -0.3 is 29.6 Å². The van der Waals surface area contributed by atoms with Crippen molar-refractivity contribution in [3.63, 3.8) is 0 Å². The summed E-state index contributed by atoms with van der Waals surface area (Å²) >= 11 is 13.6. The molecule has 1 amide bonds. The van der Waals surface area contributed by atoms with Crippen molar-refractivity contribution in [3.8, 4) is 0 Å². The first-order valence-corrected chi connectivity index (χ1v) is 20.4. The zero-order valence-electron chi connectivity index (χ0n) is 32.1. The summed E-state index contributed by atoms with van der Waals surface area (Å²) in [7, 11) is 3.93. The third kappa shape index (κ3) is 7.81. The number of fused-ring (bicyclic) bond motifs is 2. The van der Waals surface area contributed by atoms with Crippen LogP contribution in [-0.4, -0.2) is 137 Å². The van der Waals surface area contributed by atoms with E-state index in [1.807, 2.05) is 17.0 Å². The van der Waals surface area contributed by atoms with Gasteiger partial charge in [0.05, 0.1) is 36.2 Å². The van der Waals surface area contributed by atoms with Gasteiger partial charge in [-0.25, -0.2) is 9.59 Å². The van der Waals surface area contributed by atoms with E-state index in [0.29, 0.717) is 56.5 Å². The van der Waals surface area contributed by atoms with Gasteiger partial charge in [0.2, 0.25) is 5.91 Å². The second-order valence-corrected chi connectivity index (χ2v) is 16.8. The number of carbonyl (C=O) groups excluding carboxylic acids is 1. The van der Waals surface area contributed by atoms with Crippen LogP contribution >= 0.6 is 23.2 Å². The first-order chi connectivity index (χ1) is 26.4. The van der Waals surface area contributed by atoms with Crippen molar-refractivity contribution in [3.05, 3.63) is 91.7 Å². The molecule has 3 atom stereocenters. The fourth-order valence-electron chi connectivity index (χ4n) is 10.1. The Morgan fingerprint density at radius 3 is 1.95 bits per heavy atom. The number of piperazine rings is 1. The number of ether oxygens (including phenoxy) is 1. The van der Waals surface area contributed by atoms with Crippen LogP contribution in [0.5, 0.6) is 0 Å². The van der Waals surface area contributed by atoms with Crippen LogP contribution in [0.15, 0.2) is 65.0 Å². The molecule has 4 saturated heterocycles. The van der Waals surface area contributed by atoms with Crippen molar-refractivity contribution < 1.29 is 29.3 Å². The molecule has 0 aliphatic carbocycles. The highest BCUT2D eigenvalue weighted by Gasteiger charge is 2.52. The zero-order valence-corrected chi connectivity index (χ0v) is 33.6. The van der Waals surface area contributed by atoms with E-state index in [2.05, 4.69) is 33.9 Å². The van der Waals surface area contributed by atoms with Gasteiger partial charge in [0.15, 0.2) is 0 Å². The Kier molecular flexibility index (Phi) is 12.0. The topological polar surface area (TPSA) is 117 Å². The molecule has 0 aromatic heterocycles. The van der Waals surface area contributed by atoms with Gasteiger partial charge in [-0.2, -0.15) is 0 Å². The number of hydrogen-bond acceptors (Lipinski definition) is 8. The molecule has 5 aliphatic rings. The molecule has 13 heteroatoms. The molecule has 5 heterocycles. The van der Waals surface area contributed by atoms with Crippen molar-refractivity contribution in [1.29, 1.82) is 0 Å². The van der Waals surface area contributed by atoms with Crippen molar-refractivity contribution in [2.75, 3.05) is 66.6 Å². The molecule has 7 rings (SSSR count). The summed E-state index contributed by atoms with van der Waals surface area (Å²) < 4.78 is 5.55. The number of halogens is 2. The van der Waals surface area contributed by atoms with E-state index >= 15 is 0 Å². The van der Waals surface area contributed by atoms with Crippen LogP contribution in [0.25, 0.3) is 0 Å². The van der Waals surface area contributed by atoms with Gasteiger partial charge in [-0.3, -0.25) is 14.6 Å². The normalized spacial score (nSPS) is 26.9. The van der Waals surface area contributed by atoms with Gasteiger partial charge in [0.1, 0.15) is 0 Å². The lowest BCUT2D eigenvalue weighted by Gasteiger charge is -2.46. The van der Waals surface area contributed by atoms with E-state index in [4.69, 9.17) is 27.9 Å². The molecule has 2 bridgehead atoms. The predicted molar refractivity (Wildman–Crippen MR) is 212 cm³/mol. The first-order valence-electron chi connectivity index (χ1n) is 19.6. The van der Waals surface area contributed by atoms with Gasteiger partial charge >= 0.3 is 11.9 Å². The number of aliphatic carboxylic acids is 2. The smallest absolute Gasteiger partial charge is 0.334 e. The number of rotatable bonds is 11. The fraction of sp³-hybridized carbons (Fsp3) is 0.548. The summed E-state index contributed by atoms with van der Waals surface area (Å²) in [5, 5.41) is 22.4. The molecule has 11 nitrogen and oxygen atoms in total. The lowest BCUT2D eigenvalue weighted by molar-refractivity contribution is -0.134. The summed E-state index contributed by atoms with van der Waals surface area (Å²) in [6.07, 6.45) is 5.38. The number of piperidine rings is 1. The second kappa shape index (κ2) is 16.6. The van der Waals surface area contributed by atoms with E-state index in [1.54, 1.807) is 37.1 Å². The molecule has 296 valence electrons. The lowest BCUT2D eigenvalue weighted by Crippen LogP contribution is -2.56. The summed E-state index contributed by atoms with van der Waals surface area (Å²) in [4.78, 5) is 52.3. The van der Waals surface area contributed by atoms with Crippen LogP contribution in [0.3, 0.4) is 0 Å². The van der Waals surface area contributed by atoms with Gasteiger partial charge in [-0.15, -0.1) is 0 Å². The highest BCUT2D eigenvalue weighted by molar-refractivity contribution is 6.36. The Morgan fingerprint density at radius 2 is 1.35 bits per heavy atom. The quantitative estimate of drug-likeness (QED) is 0.302. The Labute approximate surface area is 334 Å². The van der Waals surface area contributed by atoms with Crippen molar-refractivity contribution in [2.45, 2.75) is 82.0 Å². The SMILES string of the molecule is CN1C(CCc2ccccc2CN2CCOCC2)=C(C(=O)O)C(C)(c2c(Cl)cccc2Cl)C(C(=O)O)=C1CC(=O)N1CCN(C2CC3CCC(C2)N3C)CC1. The maximum Gasteiger partial charge on any atom is 0.334 e. The molecular formula is C42H53Cl2N5O6. The Balaban J connectivity index is 1.20. The monoisotopic (exact) mass is 793 g/mol. The predicted octanol–water partition coefficient (Wildman–Crippen LogP) is 5.50. The van der Waals surface area contributed by atoms with Crippen LogP contribution in [0, 0.1) is 0 Å². The van der Waals surface area contributed by atoms with Gasteiger partial charge in [-0.1, -0.05) is 53.5 Å². The number of aryl methyl sites for hydroxylation is 1. The fourth-order valence-corrected chi connectivity index (χ4v) is 10.9. The molecule has 2 aromatic carbocycles. The number of carboxylic acid groups (broad SMARTS) is 2. The summed E-state index contributed by atoms with van der Waals surface area (Å²) in [5.41, 5.74) is 0.937. The number of carboxylic acids is 2. The Morgan fingerprint density at radius 1 is 0.764 bits per heavy atom. The Bertz CT molecular complexity index is 1840. The molecule has 5 aliphatic heterocycles. The molecule has 55 heavy (non-hydrogen) atoms. The molecule has 2 N–H and O–H groups in total. The molecule has 0 saturated carbocycles. The highest BCUT2D eigenvalue weighted by Crippen LogP contribution is 2.52. The van der Waals surface area contributed by atoms with Crippen molar-refractivity contribution in [1.82, 2.24) is 24.5 Å². The van der Waals surface area contributed by atoms with Gasteiger partial charge in [0.25, 0.3) is 0 Å². The molecule has 3 unspecified atom stereocenters. The lowest BCUT2D eigenvalue weighted by atomic mass is 9.66. The van der Waals surface area contributed by atoms with E-state index in [0.717, 1.165) is 56.7 Å². The van der Waals surface area contributed by atoms with E-state index in [1.165, 1.54) is 12.8 Å². The second-order valence-electron chi connectivity index (χ2n) is 16.0. The van der Waals surface area contributed by atoms with Crippen molar-refractivity contribution in [2.24, 2.45) is 0 Å². The van der Waals surface area contributed by atoms with Crippen LogP contribution in [0.4, 0.5) is 0 Å². The average Bonchev–Trinajstić information content (AvgIpc) is 3.34. The van der Waals surface area contributed by atoms with Gasteiger partial charge in [0, 0.05) is 98.0 Å². The summed E-state index contributed by atoms with van der Waals surface area (Å²) in [6.45, 7) is 7.97. The molecule has 4 fully saturated rings. The number of amides is 1. The van der Waals surface area contributed by atoms with Crippen LogP contribution in [0.1, 0.15) is 62.1 Å². The maximum absolute atomic E-state index is 14.3. The third-order valence-corrected chi connectivity index (χ3v) is 13.7. The van der Waals surface area contributed by atoms with Crippen molar-refractivity contribution >= 4 is 41.0 Å².